The minimum Gasteiger partial charge on any atom is -0.540 e. The summed E-state index contributed by atoms with van der Waals surface area (Å²) >= 11 is 0. The zero-order valence-electron chi connectivity index (χ0n) is 83.9. The SMILES string of the molecule is CC[C@@H]1[C@@H]2CN(C(=O)[C@H](C(C)(C)C)NC(=O)O[C@@H]3C[C@H]3CCCCCc3nc4ccc(OCc5cnccn5)cc4nc3O2)[C@@H]1[C-]=O.CC[C@@H]1[C@@H]2CN(C(=O)[C@H](C(C)(C)C)NC(=O)O[C@@H]3[C@H]4CC[C@H](C4)[C@H]3CCCCC(F)(F)c3cc4ccc(OC)cc4nc3O2)[C@@H]1[C-]=O.COc1ccc2cc3c(nc2c1)O[C@H]1CN(C(=O)[C@H](C(C)(C)C)NC(=O)O[C@@H]2[C@H]4CC[C@H](C4)[C@H]2CCCCC3(F)F)[C@H]([C-]=O)[C@@H]1C.[HH].[V].[V].[V]. The van der Waals surface area contributed by atoms with Crippen molar-refractivity contribution in [3.8, 4) is 34.9 Å². The third-order valence-electron chi connectivity index (χ3n) is 31.2. The van der Waals surface area contributed by atoms with E-state index in [2.05, 4.69) is 42.2 Å². The molecule has 0 unspecified atom stereocenters. The van der Waals surface area contributed by atoms with Crippen molar-refractivity contribution in [2.75, 3.05) is 33.9 Å². The number of hydrogen-bond donors (Lipinski definition) is 3. The van der Waals surface area contributed by atoms with Crippen LogP contribution in [-0.2, 0) is 124 Å². The molecular formula is C106H135F4N12O18V3-3. The largest absolute Gasteiger partial charge is 0.540 e. The molecule has 11 aliphatic rings. The van der Waals surface area contributed by atoms with Crippen molar-refractivity contribution in [3.63, 3.8) is 0 Å². The van der Waals surface area contributed by atoms with Gasteiger partial charge in [0.2, 0.25) is 35.4 Å². The van der Waals surface area contributed by atoms with Gasteiger partial charge in [0, 0.05) is 111 Å². The number of hydrogen-bond acceptors (Lipinski definition) is 24. The molecule has 3 aromatic carbocycles. The number of carbonyl (C=O) groups is 6. The van der Waals surface area contributed by atoms with Crippen LogP contribution in [0, 0.1) is 75.4 Å². The molecule has 4 aromatic heterocycles. The van der Waals surface area contributed by atoms with Crippen LogP contribution in [0.25, 0.3) is 32.8 Å². The average Bonchev–Trinajstić information content (AvgIpc) is 1.14. The first-order chi connectivity index (χ1) is 66.8. The van der Waals surface area contributed by atoms with Gasteiger partial charge in [0.05, 0.1) is 78.9 Å². The van der Waals surface area contributed by atoms with E-state index < -0.39 is 137 Å². The number of methoxy groups -OCH3 is 2. The van der Waals surface area contributed by atoms with Gasteiger partial charge in [-0.25, -0.2) is 70.7 Å². The summed E-state index contributed by atoms with van der Waals surface area (Å²) in [6, 6.07) is 12.7. The quantitative estimate of drug-likeness (QED) is 0.0650. The molecule has 18 rings (SSSR count). The number of nitrogens with zero attached hydrogens (tertiary/aromatic N) is 9. The van der Waals surface area contributed by atoms with Gasteiger partial charge in [-0.3, -0.25) is 24.4 Å². The predicted octanol–water partition coefficient (Wildman–Crippen LogP) is 17.7. The van der Waals surface area contributed by atoms with Crippen LogP contribution in [0.1, 0.15) is 242 Å². The number of amides is 6. The van der Waals surface area contributed by atoms with Crippen molar-refractivity contribution in [3.05, 3.63) is 108 Å². The van der Waals surface area contributed by atoms with Gasteiger partial charge >= 0.3 is 18.3 Å². The van der Waals surface area contributed by atoms with E-state index in [4.69, 9.17) is 52.6 Å². The molecule has 8 fully saturated rings. The molecule has 3 radical (unpaired) electrons. The van der Waals surface area contributed by atoms with Gasteiger partial charge in [0.1, 0.15) is 84.3 Å². The number of halogens is 4. The fourth-order valence-corrected chi connectivity index (χ4v) is 23.3. The molecule has 6 aliphatic heterocycles. The standard InChI is InChI=1S/C36H46F2N3O6.C35H44F2N3O6.C35H43N6O6.3V.H2/c1-6-24-28(19-42)41-18-29(24)46-32-26(16-21-12-13-23(45-5)17-27(21)39-32)36(37,38)14-8-7-9-25-20-10-11-22(15-20)30(25)47-34(44)40-31(33(41)43)35(2,3)4;1-19-27(18-41)40-17-28(19)45-31-25(15-21-11-12-23(44-5)16-26(21)38-31)35(36,37)13-7-6-8-24-20-9-10-22(14-20)29(24)46-33(43)39-30(32(40)42)34(2,3)4;1-5-24-28(19-42)41-18-30(24)46-32-26(38-25-12-11-23(16-27(25)39-32)45-20-22-17-36-13-14-37-22)10-8-6-7-9-21-15-29(21)47-34(44)40-31(33(41)43)35(2,3)4;;;;/h12-13,16-17,20,22,24-25,28-31H,6-11,14-15,18H2,1-5H3,(H,40,44);11-12,15-16,19-20,22,24,27-30H,6-10,13-14,17H2,1-5H3,(H,39,43);11-14,16-17,21,24,28-31H,5-10,15,18,20H2,1-4H3,(H,40,44);;;;1H/q3*-1;;;;/t20-,22+,24+,25-,28-,29+,30-,31-;19-,20+,22-,24+,27+,28-,29+,30+;21-,24+,28-,29-,30+,31-;;;;/m101..../s1. The summed E-state index contributed by atoms with van der Waals surface area (Å²) in [4.78, 5) is 151. The first kappa shape index (κ1) is 111. The van der Waals surface area contributed by atoms with Gasteiger partial charge in [0.25, 0.3) is 11.8 Å². The third kappa shape index (κ3) is 24.6. The molecule has 10 heterocycles. The zero-order chi connectivity index (χ0) is 99.8. The van der Waals surface area contributed by atoms with Crippen molar-refractivity contribution in [2.24, 2.45) is 75.4 Å². The number of benzene rings is 3. The number of rotatable bonds is 10. The molecule has 30 nitrogen and oxygen atoms in total. The summed E-state index contributed by atoms with van der Waals surface area (Å²) in [6.07, 6.45) is 20.6. The van der Waals surface area contributed by atoms with Crippen LogP contribution in [0.3, 0.4) is 0 Å². The zero-order valence-corrected chi connectivity index (χ0v) is 88.1. The second kappa shape index (κ2) is 46.2. The van der Waals surface area contributed by atoms with E-state index >= 15 is 17.6 Å². The summed E-state index contributed by atoms with van der Waals surface area (Å²) in [5, 5.41) is 9.56. The Hall–Kier alpha value is -9.60. The Morgan fingerprint density at radius 1 is 0.455 bits per heavy atom. The first-order valence-corrected chi connectivity index (χ1v) is 50.2. The van der Waals surface area contributed by atoms with Crippen LogP contribution in [0.4, 0.5) is 31.9 Å². The van der Waals surface area contributed by atoms with Gasteiger partial charge in [-0.15, -0.1) is 0 Å². The number of nitrogens with one attached hydrogen (secondary N) is 3. The van der Waals surface area contributed by atoms with E-state index in [1.54, 1.807) is 61.9 Å². The van der Waals surface area contributed by atoms with Crippen LogP contribution in [0.2, 0.25) is 0 Å². The molecule has 3 N–H and O–H groups in total. The van der Waals surface area contributed by atoms with E-state index in [9.17, 15) is 43.2 Å². The number of carbonyl (C=O) groups excluding carboxylic acids is 9. The number of pyridine rings is 2. The van der Waals surface area contributed by atoms with Gasteiger partial charge in [0.15, 0.2) is 0 Å². The van der Waals surface area contributed by atoms with E-state index in [0.29, 0.717) is 119 Å². The Labute approximate surface area is 870 Å². The molecular weight excluding hydrogens is 1960 g/mol. The first-order valence-electron chi connectivity index (χ1n) is 50.2. The van der Waals surface area contributed by atoms with Crippen molar-refractivity contribution >= 4 is 87.7 Å². The van der Waals surface area contributed by atoms with Gasteiger partial charge in [-0.1, -0.05) is 140 Å². The van der Waals surface area contributed by atoms with E-state index in [0.717, 1.165) is 81.8 Å². The Morgan fingerprint density at radius 3 is 1.35 bits per heavy atom. The summed E-state index contributed by atoms with van der Waals surface area (Å²) in [7, 11) is 3.03. The molecule has 143 heavy (non-hydrogen) atoms. The fraction of sp³-hybridized carbons (Fsp3) is 0.632. The van der Waals surface area contributed by atoms with E-state index in [-0.39, 0.29) is 173 Å². The van der Waals surface area contributed by atoms with Crippen molar-refractivity contribution in [2.45, 2.75) is 316 Å². The van der Waals surface area contributed by atoms with Crippen LogP contribution in [-0.4, -0.2) is 206 Å². The number of aromatic nitrogens is 6. The summed E-state index contributed by atoms with van der Waals surface area (Å²) < 4.78 is 118. The fourth-order valence-electron chi connectivity index (χ4n) is 23.3. The smallest absolute Gasteiger partial charge is 0.408 e. The molecule has 0 spiro atoms. The summed E-state index contributed by atoms with van der Waals surface area (Å²) in [5.74, 6) is -5.95. The van der Waals surface area contributed by atoms with Crippen LogP contribution < -0.4 is 44.4 Å². The van der Waals surface area contributed by atoms with Crippen molar-refractivity contribution < 1.29 is 160 Å². The molecule has 5 saturated carbocycles. The van der Waals surface area contributed by atoms with Gasteiger partial charge < -0.3 is 87.7 Å². The maximum absolute atomic E-state index is 16.2. The Kier molecular flexibility index (Phi) is 35.8. The number of aryl methyl sites for hydroxylation is 1. The molecule has 5 aliphatic carbocycles. The Balaban J connectivity index is 0.000000190. The normalized spacial score (nSPS) is 30.3. The molecule has 7 aromatic rings. The number of fused-ring (bicyclic) bond motifs is 23. The van der Waals surface area contributed by atoms with Gasteiger partial charge in [-0.2, -0.15) is 0 Å². The molecule has 22 atom stereocenters. The molecule has 3 saturated heterocycles. The molecule has 6 amide bonds. The average molecular weight is 2090 g/mol. The van der Waals surface area contributed by atoms with Crippen LogP contribution in [0.5, 0.6) is 34.9 Å². The predicted molar refractivity (Wildman–Crippen MR) is 512 cm³/mol. The molecule has 37 heteroatoms. The Morgan fingerprint density at radius 2 is 0.888 bits per heavy atom. The van der Waals surface area contributed by atoms with Gasteiger partial charge in [-0.05, 0) is 214 Å². The summed E-state index contributed by atoms with van der Waals surface area (Å²) in [6.45, 7) is 22.5. The minimum absolute atomic E-state index is 0. The second-order valence-electron chi connectivity index (χ2n) is 43.5. The number of ether oxygens (including phenoxy) is 9. The topological polar surface area (TPSA) is 360 Å². The Bertz CT molecular complexity index is 5720. The van der Waals surface area contributed by atoms with E-state index in [1.807, 2.05) is 107 Å². The maximum atomic E-state index is 16.2. The van der Waals surface area contributed by atoms with E-state index in [1.165, 1.54) is 41.1 Å². The van der Waals surface area contributed by atoms with Crippen molar-refractivity contribution in [1.82, 2.24) is 60.6 Å². The minimum atomic E-state index is -3.25. The number of alkyl halides is 4. The molecule has 10 bridgehead atoms. The second-order valence-corrected chi connectivity index (χ2v) is 43.5. The van der Waals surface area contributed by atoms with Crippen LogP contribution >= 0.6 is 0 Å². The number of alkyl carbamates (subject to hydrolysis) is 3. The summed E-state index contributed by atoms with van der Waals surface area (Å²) in [5.41, 5.74) is 0.884. The van der Waals surface area contributed by atoms with Crippen molar-refractivity contribution in [1.29, 1.82) is 0 Å². The maximum Gasteiger partial charge on any atom is 0.408 e. The monoisotopic (exact) mass is 2090 g/mol. The van der Waals surface area contributed by atoms with Crippen LogP contribution in [0.15, 0.2) is 85.3 Å². The third-order valence-corrected chi connectivity index (χ3v) is 31.2. The molecule has 773 valence electrons.